The second-order valence-corrected chi connectivity index (χ2v) is 6.72. The third-order valence-corrected chi connectivity index (χ3v) is 5.26. The van der Waals surface area contributed by atoms with Gasteiger partial charge < -0.3 is 4.90 Å². The van der Waals surface area contributed by atoms with Crippen molar-refractivity contribution in [3.8, 4) is 11.1 Å². The average Bonchev–Trinajstić information content (AvgIpc) is 3.17. The predicted molar refractivity (Wildman–Crippen MR) is 103 cm³/mol. The van der Waals surface area contributed by atoms with Gasteiger partial charge in [0, 0.05) is 19.3 Å². The third kappa shape index (κ3) is 2.81. The molecule has 132 valence electrons. The summed E-state index contributed by atoms with van der Waals surface area (Å²) in [6, 6.07) is 18.8. The lowest BCUT2D eigenvalue weighted by Crippen LogP contribution is -2.39. The minimum atomic E-state index is 0.0143. The fraction of sp³-hybridized carbons (Fsp3) is 0.273. The molecule has 0 radical (unpaired) electrons. The number of fused-ring (bicyclic) bond motifs is 1. The van der Waals surface area contributed by atoms with Crippen LogP contribution in [0.3, 0.4) is 0 Å². The van der Waals surface area contributed by atoms with Crippen LogP contribution in [0, 0.1) is 0 Å². The zero-order valence-corrected chi connectivity index (χ0v) is 15.2. The zero-order valence-electron chi connectivity index (χ0n) is 15.2. The van der Waals surface area contributed by atoms with E-state index in [0.717, 1.165) is 19.5 Å². The topological polar surface area (TPSA) is 38.1 Å². The Bertz CT molecular complexity index is 930. The second kappa shape index (κ2) is 6.79. The number of carbonyl (C=O) groups excluding carboxylic acids is 1. The van der Waals surface area contributed by atoms with E-state index in [-0.39, 0.29) is 11.9 Å². The molecule has 1 aliphatic heterocycles. The Morgan fingerprint density at radius 2 is 1.92 bits per heavy atom. The SMILES string of the molecule is CCn1ccc(C(=O)N2CCc3c(-c4ccccc4)cccc3[C@H]2C)n1. The highest BCUT2D eigenvalue weighted by atomic mass is 16.2. The summed E-state index contributed by atoms with van der Waals surface area (Å²) in [6.07, 6.45) is 2.73. The van der Waals surface area contributed by atoms with E-state index < -0.39 is 0 Å². The van der Waals surface area contributed by atoms with Gasteiger partial charge in [-0.25, -0.2) is 0 Å². The van der Waals surface area contributed by atoms with Gasteiger partial charge >= 0.3 is 0 Å². The first-order valence-electron chi connectivity index (χ1n) is 9.20. The highest BCUT2D eigenvalue weighted by Crippen LogP contribution is 2.36. The molecule has 0 aliphatic carbocycles. The number of hydrogen-bond acceptors (Lipinski definition) is 2. The summed E-state index contributed by atoms with van der Waals surface area (Å²) in [5.74, 6) is 0.0143. The Balaban J connectivity index is 1.67. The van der Waals surface area contributed by atoms with E-state index in [1.54, 1.807) is 4.68 Å². The first-order valence-corrected chi connectivity index (χ1v) is 9.20. The Kier molecular flexibility index (Phi) is 4.33. The molecule has 2 heterocycles. The van der Waals surface area contributed by atoms with Crippen LogP contribution in [0.4, 0.5) is 0 Å². The molecule has 0 saturated heterocycles. The average molecular weight is 345 g/mol. The minimum Gasteiger partial charge on any atom is -0.330 e. The molecule has 1 amide bonds. The Hall–Kier alpha value is -2.88. The van der Waals surface area contributed by atoms with Crippen molar-refractivity contribution in [2.75, 3.05) is 6.54 Å². The lowest BCUT2D eigenvalue weighted by Gasteiger charge is -2.36. The van der Waals surface area contributed by atoms with Crippen LogP contribution in [0.1, 0.15) is 41.5 Å². The maximum atomic E-state index is 13.0. The lowest BCUT2D eigenvalue weighted by molar-refractivity contribution is 0.0671. The summed E-state index contributed by atoms with van der Waals surface area (Å²) >= 11 is 0. The molecule has 3 aromatic rings. The highest BCUT2D eigenvalue weighted by molar-refractivity contribution is 5.92. The van der Waals surface area contributed by atoms with Crippen molar-refractivity contribution in [1.29, 1.82) is 0 Å². The summed E-state index contributed by atoms with van der Waals surface area (Å²) in [7, 11) is 0. The molecule has 2 aromatic carbocycles. The summed E-state index contributed by atoms with van der Waals surface area (Å²) in [4.78, 5) is 14.9. The number of nitrogens with zero attached hydrogens (tertiary/aromatic N) is 3. The molecule has 26 heavy (non-hydrogen) atoms. The van der Waals surface area contributed by atoms with Crippen molar-refractivity contribution in [3.05, 3.63) is 77.6 Å². The predicted octanol–water partition coefficient (Wildman–Crippen LogP) is 4.33. The van der Waals surface area contributed by atoms with Crippen LogP contribution >= 0.6 is 0 Å². The van der Waals surface area contributed by atoms with Crippen molar-refractivity contribution in [3.63, 3.8) is 0 Å². The van der Waals surface area contributed by atoms with E-state index in [1.807, 2.05) is 30.2 Å². The third-order valence-electron chi connectivity index (χ3n) is 5.26. The zero-order chi connectivity index (χ0) is 18.1. The van der Waals surface area contributed by atoms with E-state index in [4.69, 9.17) is 0 Å². The van der Waals surface area contributed by atoms with Gasteiger partial charge in [-0.2, -0.15) is 5.10 Å². The minimum absolute atomic E-state index is 0.0143. The highest BCUT2D eigenvalue weighted by Gasteiger charge is 2.30. The number of amides is 1. The van der Waals surface area contributed by atoms with Crippen molar-refractivity contribution in [1.82, 2.24) is 14.7 Å². The van der Waals surface area contributed by atoms with Crippen LogP contribution in [0.15, 0.2) is 60.8 Å². The second-order valence-electron chi connectivity index (χ2n) is 6.72. The monoisotopic (exact) mass is 345 g/mol. The van der Waals surface area contributed by atoms with Gasteiger partial charge in [-0.3, -0.25) is 9.48 Å². The molecule has 4 heteroatoms. The van der Waals surface area contributed by atoms with Gasteiger partial charge in [-0.05, 0) is 48.6 Å². The van der Waals surface area contributed by atoms with Gasteiger partial charge in [0.1, 0.15) is 5.69 Å². The summed E-state index contributed by atoms with van der Waals surface area (Å²) in [6.45, 7) is 5.62. The summed E-state index contributed by atoms with van der Waals surface area (Å²) in [5.41, 5.74) is 5.63. The molecule has 0 bridgehead atoms. The normalized spacial score (nSPS) is 16.4. The maximum absolute atomic E-state index is 13.0. The molecular formula is C22H23N3O. The largest absolute Gasteiger partial charge is 0.330 e. The van der Waals surface area contributed by atoms with Gasteiger partial charge in [0.05, 0.1) is 6.04 Å². The number of hydrogen-bond donors (Lipinski definition) is 0. The standard InChI is InChI=1S/C22H23N3O/c1-3-24-14-13-21(23-24)22(26)25-15-12-20-18(16(25)2)10-7-11-19(20)17-8-5-4-6-9-17/h4-11,13-14,16H,3,12,15H2,1-2H3/t16-/m1/s1. The lowest BCUT2D eigenvalue weighted by atomic mass is 9.87. The molecule has 4 rings (SSSR count). The van der Waals surface area contributed by atoms with Crippen molar-refractivity contribution in [2.45, 2.75) is 32.9 Å². The first-order chi connectivity index (χ1) is 12.7. The van der Waals surface area contributed by atoms with Crippen molar-refractivity contribution in [2.24, 2.45) is 0 Å². The van der Waals surface area contributed by atoms with Crippen molar-refractivity contribution >= 4 is 5.91 Å². The number of aryl methyl sites for hydroxylation is 1. The van der Waals surface area contributed by atoms with E-state index in [0.29, 0.717) is 5.69 Å². The number of benzene rings is 2. The Morgan fingerprint density at radius 1 is 1.12 bits per heavy atom. The molecule has 0 spiro atoms. The Morgan fingerprint density at radius 3 is 2.65 bits per heavy atom. The van der Waals surface area contributed by atoms with Gasteiger partial charge in [0.2, 0.25) is 0 Å². The number of aromatic nitrogens is 2. The quantitative estimate of drug-likeness (QED) is 0.709. The van der Waals surface area contributed by atoms with E-state index >= 15 is 0 Å². The Labute approximate surface area is 154 Å². The van der Waals surface area contributed by atoms with Gasteiger partial charge in [0.15, 0.2) is 0 Å². The molecule has 1 aliphatic rings. The summed E-state index contributed by atoms with van der Waals surface area (Å²) < 4.78 is 1.79. The van der Waals surface area contributed by atoms with E-state index in [2.05, 4.69) is 54.5 Å². The van der Waals surface area contributed by atoms with E-state index in [1.165, 1.54) is 22.3 Å². The van der Waals surface area contributed by atoms with Gasteiger partial charge in [-0.1, -0.05) is 48.5 Å². The molecule has 1 atom stereocenters. The van der Waals surface area contributed by atoms with Crippen LogP contribution < -0.4 is 0 Å². The summed E-state index contributed by atoms with van der Waals surface area (Å²) in [5, 5.41) is 4.38. The van der Waals surface area contributed by atoms with Crippen LogP contribution in [0.25, 0.3) is 11.1 Å². The van der Waals surface area contributed by atoms with Crippen LogP contribution in [-0.4, -0.2) is 27.1 Å². The smallest absolute Gasteiger partial charge is 0.274 e. The van der Waals surface area contributed by atoms with Crippen LogP contribution in [-0.2, 0) is 13.0 Å². The molecule has 0 unspecified atom stereocenters. The van der Waals surface area contributed by atoms with Gasteiger partial charge in [0.25, 0.3) is 5.91 Å². The molecule has 0 fully saturated rings. The maximum Gasteiger partial charge on any atom is 0.274 e. The molecule has 0 saturated carbocycles. The molecule has 0 N–H and O–H groups in total. The number of rotatable bonds is 3. The molecule has 1 aromatic heterocycles. The van der Waals surface area contributed by atoms with Gasteiger partial charge in [-0.15, -0.1) is 0 Å². The fourth-order valence-corrected chi connectivity index (χ4v) is 3.83. The van der Waals surface area contributed by atoms with Crippen LogP contribution in [0.5, 0.6) is 0 Å². The molecule has 4 nitrogen and oxygen atoms in total. The van der Waals surface area contributed by atoms with Crippen LogP contribution in [0.2, 0.25) is 0 Å². The van der Waals surface area contributed by atoms with E-state index in [9.17, 15) is 4.79 Å². The molecular weight excluding hydrogens is 322 g/mol. The first kappa shape index (κ1) is 16.6. The number of carbonyl (C=O) groups is 1. The fourth-order valence-electron chi connectivity index (χ4n) is 3.83. The van der Waals surface area contributed by atoms with Crippen molar-refractivity contribution < 1.29 is 4.79 Å².